The van der Waals surface area contributed by atoms with E-state index in [2.05, 4.69) is 24.8 Å². The van der Waals surface area contributed by atoms with Crippen LogP contribution in [0, 0.1) is 0 Å². The molecule has 22 heavy (non-hydrogen) atoms. The highest BCUT2D eigenvalue weighted by atomic mass is 16.5. The first-order valence-electron chi connectivity index (χ1n) is 8.00. The van der Waals surface area contributed by atoms with Gasteiger partial charge >= 0.3 is 7.12 Å². The predicted molar refractivity (Wildman–Crippen MR) is 92.1 cm³/mol. The third-order valence-electron chi connectivity index (χ3n) is 4.42. The Morgan fingerprint density at radius 3 is 2.23 bits per heavy atom. The smallest absolute Gasteiger partial charge is 0.423 e. The molecule has 0 atom stereocenters. The first-order chi connectivity index (χ1) is 10.1. The Bertz CT molecular complexity index is 467. The lowest BCUT2D eigenvalue weighted by Crippen LogP contribution is -2.53. The molecule has 0 unspecified atom stereocenters. The lowest BCUT2D eigenvalue weighted by molar-refractivity contribution is -0.0982. The lowest BCUT2D eigenvalue weighted by Gasteiger charge is -2.38. The van der Waals surface area contributed by atoms with Gasteiger partial charge in [0.1, 0.15) is 0 Å². The first kappa shape index (κ1) is 19.2. The van der Waals surface area contributed by atoms with Gasteiger partial charge in [0.25, 0.3) is 0 Å². The van der Waals surface area contributed by atoms with Gasteiger partial charge in [0.2, 0.25) is 0 Å². The number of aliphatic hydroxyl groups is 1. The number of nitrogens with zero attached hydrogens (tertiary/aromatic N) is 1. The van der Waals surface area contributed by atoms with Gasteiger partial charge in [-0.05, 0) is 51.8 Å². The Labute approximate surface area is 135 Å². The monoisotopic (exact) mass is 307 g/mol. The fourth-order valence-corrected chi connectivity index (χ4v) is 2.04. The standard InChI is InChI=1S/C17H30BNO3/c1-7-19(8-2)13-14-10-9-11-15(12-14)18(21)22-17(5,6)16(3,4)20/h9-12,20-21H,7-8,13H2,1-6H3. The molecule has 0 saturated carbocycles. The third-order valence-corrected chi connectivity index (χ3v) is 4.42. The Balaban J connectivity index is 2.84. The minimum Gasteiger partial charge on any atom is -0.423 e. The normalized spacial score (nSPS) is 12.8. The molecule has 0 radical (unpaired) electrons. The van der Waals surface area contributed by atoms with E-state index in [1.807, 2.05) is 18.2 Å². The van der Waals surface area contributed by atoms with Crippen LogP contribution in [-0.2, 0) is 11.2 Å². The number of hydrogen-bond donors (Lipinski definition) is 2. The number of hydrogen-bond acceptors (Lipinski definition) is 4. The number of benzene rings is 1. The SMILES string of the molecule is CCN(CC)Cc1cccc(B(O)OC(C)(C)C(C)(C)O)c1. The van der Waals surface area contributed by atoms with E-state index >= 15 is 0 Å². The van der Waals surface area contributed by atoms with Crippen molar-refractivity contribution in [2.75, 3.05) is 13.1 Å². The molecule has 2 N–H and O–H groups in total. The van der Waals surface area contributed by atoms with E-state index in [1.54, 1.807) is 27.7 Å². The first-order valence-corrected chi connectivity index (χ1v) is 8.00. The van der Waals surface area contributed by atoms with Gasteiger partial charge in [0.15, 0.2) is 0 Å². The van der Waals surface area contributed by atoms with Crippen LogP contribution in [0.1, 0.15) is 47.1 Å². The van der Waals surface area contributed by atoms with Gasteiger partial charge in [-0.1, -0.05) is 38.1 Å². The van der Waals surface area contributed by atoms with Crippen molar-refractivity contribution in [2.45, 2.75) is 59.3 Å². The molecule has 5 heteroatoms. The summed E-state index contributed by atoms with van der Waals surface area (Å²) in [4.78, 5) is 2.31. The van der Waals surface area contributed by atoms with Crippen LogP contribution in [0.4, 0.5) is 0 Å². The zero-order valence-electron chi connectivity index (χ0n) is 14.8. The molecular formula is C17H30BNO3. The average Bonchev–Trinajstić information content (AvgIpc) is 2.43. The molecule has 1 aromatic carbocycles. The maximum Gasteiger partial charge on any atom is 0.491 e. The summed E-state index contributed by atoms with van der Waals surface area (Å²) in [6, 6.07) is 7.79. The molecule has 0 aliphatic carbocycles. The molecule has 0 spiro atoms. The maximum atomic E-state index is 10.3. The summed E-state index contributed by atoms with van der Waals surface area (Å²) in [6.07, 6.45) is 0. The Hall–Kier alpha value is -0.875. The molecule has 0 amide bonds. The minimum absolute atomic E-state index is 0.710. The highest BCUT2D eigenvalue weighted by Crippen LogP contribution is 2.25. The summed E-state index contributed by atoms with van der Waals surface area (Å²) in [5.41, 5.74) is -0.0550. The van der Waals surface area contributed by atoms with E-state index in [0.717, 1.165) is 25.2 Å². The van der Waals surface area contributed by atoms with Gasteiger partial charge in [0, 0.05) is 6.54 Å². The van der Waals surface area contributed by atoms with Crippen molar-refractivity contribution in [3.05, 3.63) is 29.8 Å². The Morgan fingerprint density at radius 1 is 1.14 bits per heavy atom. The van der Waals surface area contributed by atoms with Crippen LogP contribution >= 0.6 is 0 Å². The van der Waals surface area contributed by atoms with Crippen LogP contribution in [0.3, 0.4) is 0 Å². The molecule has 0 fully saturated rings. The van der Waals surface area contributed by atoms with E-state index in [9.17, 15) is 10.1 Å². The minimum atomic E-state index is -1.06. The fourth-order valence-electron chi connectivity index (χ4n) is 2.04. The fraction of sp³-hybridized carbons (Fsp3) is 0.647. The van der Waals surface area contributed by atoms with Gasteiger partial charge in [-0.3, -0.25) is 4.90 Å². The summed E-state index contributed by atoms with van der Waals surface area (Å²) in [5, 5.41) is 20.5. The van der Waals surface area contributed by atoms with Crippen molar-refractivity contribution >= 4 is 12.6 Å². The Morgan fingerprint density at radius 2 is 1.73 bits per heavy atom. The summed E-state index contributed by atoms with van der Waals surface area (Å²) in [6.45, 7) is 14.0. The van der Waals surface area contributed by atoms with E-state index in [0.29, 0.717) is 5.46 Å². The van der Waals surface area contributed by atoms with E-state index in [1.165, 1.54) is 0 Å². The molecule has 4 nitrogen and oxygen atoms in total. The van der Waals surface area contributed by atoms with Crippen molar-refractivity contribution < 1.29 is 14.8 Å². The largest absolute Gasteiger partial charge is 0.491 e. The molecule has 0 aromatic heterocycles. The Kier molecular flexibility index (Phi) is 6.62. The average molecular weight is 307 g/mol. The van der Waals surface area contributed by atoms with Crippen molar-refractivity contribution in [2.24, 2.45) is 0 Å². The van der Waals surface area contributed by atoms with Gasteiger partial charge in [0.05, 0.1) is 11.2 Å². The van der Waals surface area contributed by atoms with Gasteiger partial charge in [-0.25, -0.2) is 0 Å². The predicted octanol–water partition coefficient (Wildman–Crippen LogP) is 1.78. The molecule has 1 rings (SSSR count). The van der Waals surface area contributed by atoms with Crippen LogP contribution in [0.2, 0.25) is 0 Å². The van der Waals surface area contributed by atoms with Gasteiger partial charge in [-0.15, -0.1) is 0 Å². The lowest BCUT2D eigenvalue weighted by atomic mass is 9.76. The van der Waals surface area contributed by atoms with Crippen molar-refractivity contribution in [1.29, 1.82) is 0 Å². The van der Waals surface area contributed by atoms with Crippen LogP contribution in [0.15, 0.2) is 24.3 Å². The topological polar surface area (TPSA) is 52.9 Å². The van der Waals surface area contributed by atoms with E-state index in [4.69, 9.17) is 4.65 Å². The molecule has 0 saturated heterocycles. The van der Waals surface area contributed by atoms with Gasteiger partial charge in [-0.2, -0.15) is 0 Å². The van der Waals surface area contributed by atoms with Crippen molar-refractivity contribution in [1.82, 2.24) is 4.90 Å². The van der Waals surface area contributed by atoms with Crippen molar-refractivity contribution in [3.63, 3.8) is 0 Å². The van der Waals surface area contributed by atoms with Crippen LogP contribution in [0.25, 0.3) is 0 Å². The van der Waals surface area contributed by atoms with Gasteiger partial charge < -0.3 is 14.8 Å². The van der Waals surface area contributed by atoms with E-state index in [-0.39, 0.29) is 0 Å². The molecule has 0 heterocycles. The molecule has 0 aliphatic rings. The van der Waals surface area contributed by atoms with Crippen molar-refractivity contribution in [3.8, 4) is 0 Å². The summed E-state index contributed by atoms with van der Waals surface area (Å²) >= 11 is 0. The molecule has 0 bridgehead atoms. The zero-order valence-corrected chi connectivity index (χ0v) is 14.8. The highest BCUT2D eigenvalue weighted by molar-refractivity contribution is 6.60. The quantitative estimate of drug-likeness (QED) is 0.719. The second kappa shape index (κ2) is 7.60. The van der Waals surface area contributed by atoms with Crippen LogP contribution in [0.5, 0.6) is 0 Å². The summed E-state index contributed by atoms with van der Waals surface area (Å²) < 4.78 is 5.69. The second-order valence-corrected chi connectivity index (χ2v) is 6.75. The van der Waals surface area contributed by atoms with Crippen LogP contribution < -0.4 is 5.46 Å². The van der Waals surface area contributed by atoms with Crippen LogP contribution in [-0.4, -0.2) is 46.4 Å². The molecular weight excluding hydrogens is 277 g/mol. The maximum absolute atomic E-state index is 10.3. The second-order valence-electron chi connectivity index (χ2n) is 6.75. The summed E-state index contributed by atoms with van der Waals surface area (Å²) in [5.74, 6) is 0. The van der Waals surface area contributed by atoms with E-state index < -0.39 is 18.3 Å². The highest BCUT2D eigenvalue weighted by Gasteiger charge is 2.39. The molecule has 0 aliphatic heterocycles. The number of rotatable bonds is 8. The molecule has 1 aromatic rings. The summed E-state index contributed by atoms with van der Waals surface area (Å²) in [7, 11) is -1.06. The zero-order chi connectivity index (χ0) is 17.0. The molecule has 124 valence electrons. The third kappa shape index (κ3) is 5.09.